The molecule has 26 heteroatoms. The lowest BCUT2D eigenvalue weighted by atomic mass is 9.85. The minimum atomic E-state index is -9.48. The monoisotopic (exact) mass is 740 g/mol. The Bertz CT molecular complexity index is 901. The summed E-state index contributed by atoms with van der Waals surface area (Å²) in [7, 11) is 0. The molecule has 0 radical (unpaired) electrons. The molecule has 0 aromatic rings. The first kappa shape index (κ1) is 36.6. The van der Waals surface area contributed by atoms with Crippen LogP contribution in [0.4, 0.5) is 101 Å². The summed E-state index contributed by atoms with van der Waals surface area (Å²) in [6.07, 6.45) is -8.12. The third-order valence-corrected chi connectivity index (χ3v) is 4.63. The fourth-order valence-corrected chi connectivity index (χ4v) is 2.21. The van der Waals surface area contributed by atoms with Crippen LogP contribution in [-0.4, -0.2) is 71.4 Å². The second kappa shape index (κ2) is 9.05. The summed E-state index contributed by atoms with van der Waals surface area (Å²) in [4.78, 5) is 10.4. The van der Waals surface area contributed by atoms with Crippen molar-refractivity contribution in [3.8, 4) is 0 Å². The topological polar surface area (TPSA) is 26.3 Å². The number of hydrogen-bond donors (Lipinski definition) is 0. The van der Waals surface area contributed by atoms with Gasteiger partial charge in [-0.3, -0.25) is 0 Å². The van der Waals surface area contributed by atoms with E-state index < -0.39 is 71.4 Å². The summed E-state index contributed by atoms with van der Waals surface area (Å²) in [6, 6.07) is 0. The van der Waals surface area contributed by atoms with E-state index in [1.54, 1.807) is 0 Å². The molecular formula is C12F23IO2. The van der Waals surface area contributed by atoms with Gasteiger partial charge in [0.2, 0.25) is 0 Å². The zero-order valence-electron chi connectivity index (χ0n) is 15.9. The van der Waals surface area contributed by atoms with Crippen LogP contribution in [0, 0.1) is 0 Å². The molecule has 0 aromatic carbocycles. The van der Waals surface area contributed by atoms with Gasteiger partial charge in [0.05, 0.1) is 0 Å². The Kier molecular flexibility index (Phi) is 8.72. The molecule has 0 spiro atoms. The number of halogens is 24. The minimum absolute atomic E-state index is 0.163. The molecule has 0 saturated heterocycles. The largest absolute Gasteiger partial charge is 0.460 e. The maximum Gasteiger partial charge on any atom is 0.460 e. The van der Waals surface area contributed by atoms with Crippen molar-refractivity contribution in [3.05, 3.63) is 0 Å². The van der Waals surface area contributed by atoms with Gasteiger partial charge in [-0.1, -0.05) is 0 Å². The molecule has 0 atom stereocenters. The third-order valence-electron chi connectivity index (χ3n) is 4.23. The molecule has 0 aliphatic heterocycles. The van der Waals surface area contributed by atoms with Crippen LogP contribution >= 0.6 is 23.0 Å². The first-order chi connectivity index (χ1) is 16.0. The van der Waals surface area contributed by atoms with Gasteiger partial charge in [-0.25, -0.2) is 4.79 Å². The molecule has 0 aliphatic carbocycles. The third kappa shape index (κ3) is 4.18. The van der Waals surface area contributed by atoms with Gasteiger partial charge in [0.25, 0.3) is 0 Å². The Morgan fingerprint density at radius 1 is 0.368 bits per heavy atom. The molecule has 0 amide bonds. The molecule has 0 aliphatic rings. The molecule has 0 bridgehead atoms. The fourth-order valence-electron chi connectivity index (χ4n) is 1.93. The molecule has 38 heavy (non-hydrogen) atoms. The highest BCUT2D eigenvalue weighted by Gasteiger charge is 2.99. The second-order valence-corrected chi connectivity index (χ2v) is 7.05. The summed E-state index contributed by atoms with van der Waals surface area (Å²) >= 11 is -0.163. The molecule has 0 N–H and O–H groups in total. The zero-order valence-corrected chi connectivity index (χ0v) is 18.0. The van der Waals surface area contributed by atoms with E-state index in [9.17, 15) is 106 Å². The van der Waals surface area contributed by atoms with Gasteiger partial charge >= 0.3 is 71.4 Å². The van der Waals surface area contributed by atoms with Crippen LogP contribution in [0.15, 0.2) is 0 Å². The lowest BCUT2D eigenvalue weighted by molar-refractivity contribution is -0.477. The van der Waals surface area contributed by atoms with Crippen molar-refractivity contribution < 1.29 is 109 Å². The highest BCUT2D eigenvalue weighted by Crippen LogP contribution is 2.67. The van der Waals surface area contributed by atoms with E-state index in [0.717, 1.165) is 0 Å². The summed E-state index contributed by atoms with van der Waals surface area (Å²) in [5.41, 5.74) is 0. The van der Waals surface area contributed by atoms with E-state index in [4.69, 9.17) is 0 Å². The molecule has 0 aromatic heterocycles. The van der Waals surface area contributed by atoms with Crippen molar-refractivity contribution in [2.75, 3.05) is 0 Å². The Morgan fingerprint density at radius 2 is 0.553 bits per heavy atom. The van der Waals surface area contributed by atoms with E-state index in [0.29, 0.717) is 0 Å². The lowest BCUT2D eigenvalue weighted by Crippen LogP contribution is -2.78. The molecular weight excluding hydrogens is 740 g/mol. The highest BCUT2D eigenvalue weighted by molar-refractivity contribution is 14.1. The van der Waals surface area contributed by atoms with Crippen LogP contribution in [0.25, 0.3) is 0 Å². The summed E-state index contributed by atoms with van der Waals surface area (Å²) < 4.78 is 303. The zero-order chi connectivity index (χ0) is 31.8. The smallest absolute Gasteiger partial charge is 0.390 e. The van der Waals surface area contributed by atoms with Crippen molar-refractivity contribution in [1.29, 1.82) is 0 Å². The predicted molar refractivity (Wildman–Crippen MR) is 75.6 cm³/mol. The van der Waals surface area contributed by atoms with Gasteiger partial charge in [-0.2, -0.15) is 101 Å². The molecule has 0 unspecified atom stereocenters. The quantitative estimate of drug-likeness (QED) is 0.169. The maximum absolute atomic E-state index is 13.5. The van der Waals surface area contributed by atoms with Gasteiger partial charge in [-0.05, 0) is 0 Å². The number of hydrogen-bond acceptors (Lipinski definition) is 2. The van der Waals surface area contributed by atoms with E-state index in [-0.39, 0.29) is 23.0 Å². The van der Waals surface area contributed by atoms with Crippen molar-refractivity contribution in [2.24, 2.45) is 0 Å². The second-order valence-electron chi connectivity index (χ2n) is 6.61. The van der Waals surface area contributed by atoms with Crippen LogP contribution in [0.5, 0.6) is 0 Å². The maximum atomic E-state index is 13.5. The van der Waals surface area contributed by atoms with Gasteiger partial charge < -0.3 is 3.07 Å². The lowest BCUT2D eigenvalue weighted by Gasteiger charge is -2.44. The van der Waals surface area contributed by atoms with Crippen LogP contribution in [0.3, 0.4) is 0 Å². The van der Waals surface area contributed by atoms with Gasteiger partial charge in [0.1, 0.15) is 0 Å². The number of carbonyl (C=O) groups is 1. The van der Waals surface area contributed by atoms with E-state index in [1.165, 1.54) is 0 Å². The first-order valence-electron chi connectivity index (χ1n) is 7.66. The Labute approximate surface area is 204 Å². The van der Waals surface area contributed by atoms with Crippen molar-refractivity contribution >= 4 is 29.0 Å². The standard InChI is InChI=1S/C12F23IO2/c13-2(14,1(37)38-36)3(15,16)4(17,18)5(19,20)6(21,22)7(23,24)8(25,26)9(27,28)10(29,30)11(31,32)12(33,34)35. The van der Waals surface area contributed by atoms with Crippen LogP contribution in [0.1, 0.15) is 0 Å². The molecule has 0 heterocycles. The van der Waals surface area contributed by atoms with E-state index in [1.807, 2.05) is 0 Å². The average molecular weight is 740 g/mol. The average Bonchev–Trinajstić information content (AvgIpc) is 2.70. The summed E-state index contributed by atoms with van der Waals surface area (Å²) in [5.74, 6) is -93.4. The van der Waals surface area contributed by atoms with Gasteiger partial charge in [-0.15, -0.1) is 0 Å². The Hall–Kier alpha value is -1.41. The molecule has 0 rings (SSSR count). The van der Waals surface area contributed by atoms with Crippen LogP contribution in [-0.2, 0) is 7.86 Å². The van der Waals surface area contributed by atoms with Crippen molar-refractivity contribution in [2.45, 2.75) is 65.4 Å². The summed E-state index contributed by atoms with van der Waals surface area (Å²) in [5, 5.41) is 0. The molecule has 0 fully saturated rings. The molecule has 228 valence electrons. The van der Waals surface area contributed by atoms with E-state index in [2.05, 4.69) is 3.07 Å². The minimum Gasteiger partial charge on any atom is -0.390 e. The van der Waals surface area contributed by atoms with Crippen LogP contribution in [0.2, 0.25) is 0 Å². The Balaban J connectivity index is 7.26. The molecule has 0 saturated carbocycles. The fraction of sp³-hybridized carbons (Fsp3) is 0.917. The number of carbonyl (C=O) groups excluding carboxylic acids is 1. The van der Waals surface area contributed by atoms with Crippen molar-refractivity contribution in [1.82, 2.24) is 0 Å². The van der Waals surface area contributed by atoms with Crippen molar-refractivity contribution in [3.63, 3.8) is 0 Å². The molecule has 2 nitrogen and oxygen atoms in total. The van der Waals surface area contributed by atoms with Gasteiger partial charge in [0, 0.05) is 0 Å². The normalized spacial score (nSPS) is 16.5. The van der Waals surface area contributed by atoms with Crippen LogP contribution < -0.4 is 0 Å². The van der Waals surface area contributed by atoms with Gasteiger partial charge in [0.15, 0.2) is 23.0 Å². The summed E-state index contributed by atoms with van der Waals surface area (Å²) in [6.45, 7) is 0. The first-order valence-corrected chi connectivity index (χ1v) is 8.54. The number of rotatable bonds is 10. The Morgan fingerprint density at radius 3 is 0.737 bits per heavy atom. The van der Waals surface area contributed by atoms with E-state index >= 15 is 0 Å². The predicted octanol–water partition coefficient (Wildman–Crippen LogP) is 7.79. The highest BCUT2D eigenvalue weighted by atomic mass is 127. The number of alkyl halides is 23. The SMILES string of the molecule is O=C(OI)C(F)(F)C(F)(F)C(F)(F)C(F)(F)C(F)(F)C(F)(F)C(F)(F)C(F)(F)C(F)(F)C(F)(F)C(F)(F)F.